The standard InChI is InChI=1S/C17H22FNO/c1-4-15-8-9-17(20-15)16(19-5-2)11-13-6-7-14(18)10-12(13)3/h6-10,16,19H,4-5,11H2,1-3H3. The fourth-order valence-electron chi connectivity index (χ4n) is 2.40. The van der Waals surface area contributed by atoms with Gasteiger partial charge < -0.3 is 9.73 Å². The van der Waals surface area contributed by atoms with Crippen LogP contribution in [-0.2, 0) is 12.8 Å². The van der Waals surface area contributed by atoms with Gasteiger partial charge in [0, 0.05) is 6.42 Å². The Morgan fingerprint density at radius 3 is 2.60 bits per heavy atom. The molecule has 1 unspecified atom stereocenters. The number of aryl methyl sites for hydroxylation is 2. The van der Waals surface area contributed by atoms with E-state index in [2.05, 4.69) is 19.2 Å². The molecule has 1 N–H and O–H groups in total. The van der Waals surface area contributed by atoms with E-state index in [4.69, 9.17) is 4.42 Å². The average molecular weight is 275 g/mol. The molecule has 0 spiro atoms. The van der Waals surface area contributed by atoms with E-state index in [1.165, 1.54) is 6.07 Å². The number of halogens is 1. The second-order valence-corrected chi connectivity index (χ2v) is 5.04. The van der Waals surface area contributed by atoms with Crippen molar-refractivity contribution in [3.63, 3.8) is 0 Å². The van der Waals surface area contributed by atoms with Gasteiger partial charge in [0.15, 0.2) is 0 Å². The van der Waals surface area contributed by atoms with Crippen molar-refractivity contribution < 1.29 is 8.81 Å². The summed E-state index contributed by atoms with van der Waals surface area (Å²) in [6.45, 7) is 6.97. The third kappa shape index (κ3) is 3.48. The molecular weight excluding hydrogens is 253 g/mol. The minimum absolute atomic E-state index is 0.129. The number of benzene rings is 1. The predicted molar refractivity (Wildman–Crippen MR) is 79.3 cm³/mol. The van der Waals surface area contributed by atoms with E-state index < -0.39 is 0 Å². The lowest BCUT2D eigenvalue weighted by molar-refractivity contribution is 0.396. The van der Waals surface area contributed by atoms with Crippen molar-refractivity contribution in [2.24, 2.45) is 0 Å². The summed E-state index contributed by atoms with van der Waals surface area (Å²) in [4.78, 5) is 0. The van der Waals surface area contributed by atoms with Gasteiger partial charge in [-0.3, -0.25) is 0 Å². The maximum atomic E-state index is 13.2. The summed E-state index contributed by atoms with van der Waals surface area (Å²) < 4.78 is 19.0. The van der Waals surface area contributed by atoms with Crippen LogP contribution in [0.5, 0.6) is 0 Å². The van der Waals surface area contributed by atoms with Gasteiger partial charge in [0.25, 0.3) is 0 Å². The largest absolute Gasteiger partial charge is 0.464 e. The lowest BCUT2D eigenvalue weighted by Crippen LogP contribution is -2.22. The van der Waals surface area contributed by atoms with E-state index in [9.17, 15) is 4.39 Å². The molecule has 1 aromatic carbocycles. The first-order valence-electron chi connectivity index (χ1n) is 7.21. The molecule has 1 aromatic heterocycles. The smallest absolute Gasteiger partial charge is 0.123 e. The normalized spacial score (nSPS) is 12.6. The highest BCUT2D eigenvalue weighted by atomic mass is 19.1. The minimum Gasteiger partial charge on any atom is -0.464 e. The Bertz CT molecular complexity index is 562. The third-order valence-corrected chi connectivity index (χ3v) is 3.55. The molecule has 20 heavy (non-hydrogen) atoms. The molecule has 0 fully saturated rings. The van der Waals surface area contributed by atoms with E-state index in [1.807, 2.05) is 25.1 Å². The Kier molecular flexibility index (Phi) is 4.96. The Hall–Kier alpha value is -1.61. The van der Waals surface area contributed by atoms with Crippen molar-refractivity contribution >= 4 is 0 Å². The topological polar surface area (TPSA) is 25.2 Å². The molecule has 0 aliphatic heterocycles. The molecule has 0 amide bonds. The summed E-state index contributed by atoms with van der Waals surface area (Å²) in [5, 5.41) is 3.44. The van der Waals surface area contributed by atoms with Crippen LogP contribution in [0.1, 0.15) is 42.5 Å². The summed E-state index contributed by atoms with van der Waals surface area (Å²) in [7, 11) is 0. The summed E-state index contributed by atoms with van der Waals surface area (Å²) in [5.74, 6) is 1.77. The van der Waals surface area contributed by atoms with Crippen molar-refractivity contribution in [1.29, 1.82) is 0 Å². The van der Waals surface area contributed by atoms with Gasteiger partial charge in [0.1, 0.15) is 17.3 Å². The first-order valence-corrected chi connectivity index (χ1v) is 7.21. The zero-order valence-corrected chi connectivity index (χ0v) is 12.4. The molecule has 2 rings (SSSR count). The van der Waals surface area contributed by atoms with Crippen LogP contribution < -0.4 is 5.32 Å². The number of hydrogen-bond donors (Lipinski definition) is 1. The van der Waals surface area contributed by atoms with Crippen molar-refractivity contribution in [1.82, 2.24) is 5.32 Å². The SMILES string of the molecule is CCNC(Cc1ccc(F)cc1C)c1ccc(CC)o1. The molecule has 1 heterocycles. The summed E-state index contributed by atoms with van der Waals surface area (Å²) >= 11 is 0. The minimum atomic E-state index is -0.183. The van der Waals surface area contributed by atoms with Crippen LogP contribution in [0, 0.1) is 12.7 Å². The highest BCUT2D eigenvalue weighted by Crippen LogP contribution is 2.23. The molecule has 2 nitrogen and oxygen atoms in total. The van der Waals surface area contributed by atoms with Gasteiger partial charge in [-0.05, 0) is 55.3 Å². The monoisotopic (exact) mass is 275 g/mol. The van der Waals surface area contributed by atoms with Crippen LogP contribution >= 0.6 is 0 Å². The van der Waals surface area contributed by atoms with Crippen molar-refractivity contribution in [2.45, 2.75) is 39.7 Å². The number of nitrogens with one attached hydrogen (secondary N) is 1. The van der Waals surface area contributed by atoms with Gasteiger partial charge in [-0.2, -0.15) is 0 Å². The molecule has 1 atom stereocenters. The molecule has 3 heteroatoms. The number of hydrogen-bond acceptors (Lipinski definition) is 2. The molecule has 0 bridgehead atoms. The molecule has 2 aromatic rings. The van der Waals surface area contributed by atoms with Crippen LogP contribution in [0.3, 0.4) is 0 Å². The molecule has 0 aliphatic rings. The second kappa shape index (κ2) is 6.71. The summed E-state index contributed by atoms with van der Waals surface area (Å²) in [5.41, 5.74) is 2.13. The van der Waals surface area contributed by atoms with Gasteiger partial charge in [-0.25, -0.2) is 4.39 Å². The van der Waals surface area contributed by atoms with E-state index in [0.717, 1.165) is 42.0 Å². The molecule has 0 saturated heterocycles. The Morgan fingerprint density at radius 2 is 2.00 bits per heavy atom. The van der Waals surface area contributed by atoms with Crippen molar-refractivity contribution in [2.75, 3.05) is 6.54 Å². The first-order chi connectivity index (χ1) is 9.63. The fraction of sp³-hybridized carbons (Fsp3) is 0.412. The van der Waals surface area contributed by atoms with E-state index in [-0.39, 0.29) is 11.9 Å². The molecule has 108 valence electrons. The van der Waals surface area contributed by atoms with Crippen LogP contribution in [0.2, 0.25) is 0 Å². The maximum absolute atomic E-state index is 13.2. The Morgan fingerprint density at radius 1 is 1.20 bits per heavy atom. The average Bonchev–Trinajstić information content (AvgIpc) is 2.90. The highest BCUT2D eigenvalue weighted by Gasteiger charge is 2.16. The predicted octanol–water partition coefficient (Wildman–Crippen LogP) is 4.18. The van der Waals surface area contributed by atoms with Gasteiger partial charge >= 0.3 is 0 Å². The van der Waals surface area contributed by atoms with E-state index >= 15 is 0 Å². The number of likely N-dealkylation sites (N-methyl/N-ethyl adjacent to an activating group) is 1. The molecule has 0 radical (unpaired) electrons. The maximum Gasteiger partial charge on any atom is 0.123 e. The van der Waals surface area contributed by atoms with Gasteiger partial charge in [0.2, 0.25) is 0 Å². The van der Waals surface area contributed by atoms with Gasteiger partial charge in [0.05, 0.1) is 6.04 Å². The van der Waals surface area contributed by atoms with Crippen molar-refractivity contribution in [3.8, 4) is 0 Å². The van der Waals surface area contributed by atoms with Crippen LogP contribution in [0.25, 0.3) is 0 Å². The molecule has 0 saturated carbocycles. The van der Waals surface area contributed by atoms with E-state index in [0.29, 0.717) is 0 Å². The quantitative estimate of drug-likeness (QED) is 0.855. The highest BCUT2D eigenvalue weighted by molar-refractivity contribution is 5.28. The fourth-order valence-corrected chi connectivity index (χ4v) is 2.40. The van der Waals surface area contributed by atoms with Crippen molar-refractivity contribution in [3.05, 3.63) is 58.8 Å². The summed E-state index contributed by atoms with van der Waals surface area (Å²) in [6, 6.07) is 9.15. The summed E-state index contributed by atoms with van der Waals surface area (Å²) in [6.07, 6.45) is 1.70. The Balaban J connectivity index is 2.20. The first kappa shape index (κ1) is 14.8. The lowest BCUT2D eigenvalue weighted by Gasteiger charge is -2.17. The second-order valence-electron chi connectivity index (χ2n) is 5.04. The zero-order chi connectivity index (χ0) is 14.5. The van der Waals surface area contributed by atoms with Crippen LogP contribution in [0.15, 0.2) is 34.7 Å². The third-order valence-electron chi connectivity index (χ3n) is 3.55. The van der Waals surface area contributed by atoms with Gasteiger partial charge in [-0.1, -0.05) is 19.9 Å². The Labute approximate surface area is 120 Å². The number of furan rings is 1. The zero-order valence-electron chi connectivity index (χ0n) is 12.4. The van der Waals surface area contributed by atoms with Gasteiger partial charge in [-0.15, -0.1) is 0 Å². The molecule has 0 aliphatic carbocycles. The van der Waals surface area contributed by atoms with Crippen LogP contribution in [0.4, 0.5) is 4.39 Å². The van der Waals surface area contributed by atoms with E-state index in [1.54, 1.807) is 6.07 Å². The van der Waals surface area contributed by atoms with Crippen LogP contribution in [-0.4, -0.2) is 6.54 Å². The number of rotatable bonds is 6. The molecular formula is C17H22FNO. The lowest BCUT2D eigenvalue weighted by atomic mass is 9.99.